The predicted molar refractivity (Wildman–Crippen MR) is 84.4 cm³/mol. The van der Waals surface area contributed by atoms with Gasteiger partial charge in [0.2, 0.25) is 0 Å². The van der Waals surface area contributed by atoms with Gasteiger partial charge in [-0.05, 0) is 24.1 Å². The lowest BCUT2D eigenvalue weighted by molar-refractivity contribution is 0.420. The largest absolute Gasteiger partial charge is 0.496 e. The van der Waals surface area contributed by atoms with Crippen LogP contribution in [0.15, 0.2) is 41.8 Å². The smallest absolute Gasteiger partial charge is 0.126 e. The van der Waals surface area contributed by atoms with Crippen LogP contribution in [0.1, 0.15) is 5.01 Å². The van der Waals surface area contributed by atoms with Crippen LogP contribution in [0.2, 0.25) is 0 Å². The first-order valence-electron chi connectivity index (χ1n) is 6.54. The van der Waals surface area contributed by atoms with Crippen LogP contribution in [-0.2, 0) is 6.42 Å². The number of rotatable bonds is 4. The van der Waals surface area contributed by atoms with Gasteiger partial charge >= 0.3 is 0 Å². The molecule has 2 N–H and O–H groups in total. The number of hydrogen-bond acceptors (Lipinski definition) is 4. The van der Waals surface area contributed by atoms with Crippen molar-refractivity contribution in [1.82, 2.24) is 4.98 Å². The number of hydrogen-bond donors (Lipinski definition) is 1. The number of fused-ring (bicyclic) bond motifs is 1. The maximum atomic E-state index is 5.59. The third kappa shape index (κ3) is 2.28. The van der Waals surface area contributed by atoms with Gasteiger partial charge in [0.05, 0.1) is 17.8 Å². The molecule has 2 aromatic carbocycles. The number of aromatic nitrogens is 1. The summed E-state index contributed by atoms with van der Waals surface area (Å²) in [7, 11) is 1.70. The fourth-order valence-electron chi connectivity index (χ4n) is 2.35. The van der Waals surface area contributed by atoms with Crippen molar-refractivity contribution < 1.29 is 4.74 Å². The lowest BCUT2D eigenvalue weighted by Crippen LogP contribution is -2.02. The van der Waals surface area contributed by atoms with Crippen LogP contribution in [-0.4, -0.2) is 18.6 Å². The zero-order chi connectivity index (χ0) is 13.9. The van der Waals surface area contributed by atoms with Crippen LogP contribution in [0, 0.1) is 0 Å². The Bertz CT molecular complexity index is 736. The maximum absolute atomic E-state index is 5.59. The first kappa shape index (κ1) is 13.1. The highest BCUT2D eigenvalue weighted by Gasteiger charge is 2.10. The Hall–Kier alpha value is -1.91. The molecule has 0 fully saturated rings. The van der Waals surface area contributed by atoms with Gasteiger partial charge in [-0.1, -0.05) is 24.3 Å². The number of nitrogens with zero attached hydrogens (tertiary/aromatic N) is 1. The minimum atomic E-state index is 0.635. The van der Waals surface area contributed by atoms with Crippen molar-refractivity contribution in [1.29, 1.82) is 0 Å². The van der Waals surface area contributed by atoms with Crippen molar-refractivity contribution in [3.63, 3.8) is 0 Å². The molecule has 3 nitrogen and oxygen atoms in total. The van der Waals surface area contributed by atoms with Crippen molar-refractivity contribution in [2.45, 2.75) is 6.42 Å². The van der Waals surface area contributed by atoms with Crippen molar-refractivity contribution in [3.05, 3.63) is 46.8 Å². The van der Waals surface area contributed by atoms with E-state index in [1.54, 1.807) is 18.4 Å². The van der Waals surface area contributed by atoms with E-state index in [2.05, 4.69) is 28.6 Å². The molecule has 0 spiro atoms. The van der Waals surface area contributed by atoms with Crippen molar-refractivity contribution in [3.8, 4) is 17.0 Å². The van der Waals surface area contributed by atoms with Gasteiger partial charge in [0.25, 0.3) is 0 Å². The van der Waals surface area contributed by atoms with Gasteiger partial charge in [-0.15, -0.1) is 11.3 Å². The molecule has 0 amide bonds. The molecule has 0 radical (unpaired) electrons. The third-order valence-electron chi connectivity index (χ3n) is 3.29. The zero-order valence-electron chi connectivity index (χ0n) is 11.3. The Labute approximate surface area is 122 Å². The fourth-order valence-corrected chi connectivity index (χ4v) is 3.16. The lowest BCUT2D eigenvalue weighted by atomic mass is 10.0. The molecule has 3 rings (SSSR count). The second kappa shape index (κ2) is 5.61. The number of nitrogens with two attached hydrogens (primary N) is 1. The van der Waals surface area contributed by atoms with Crippen LogP contribution < -0.4 is 10.5 Å². The number of thiazole rings is 1. The highest BCUT2D eigenvalue weighted by Crippen LogP contribution is 2.34. The quantitative estimate of drug-likeness (QED) is 0.798. The molecule has 0 aliphatic rings. The summed E-state index contributed by atoms with van der Waals surface area (Å²) in [5.74, 6) is 0.891. The Morgan fingerprint density at radius 1 is 1.15 bits per heavy atom. The monoisotopic (exact) mass is 284 g/mol. The van der Waals surface area contributed by atoms with Gasteiger partial charge in [-0.25, -0.2) is 4.98 Å². The summed E-state index contributed by atoms with van der Waals surface area (Å²) < 4.78 is 5.43. The fraction of sp³-hybridized carbons (Fsp3) is 0.188. The van der Waals surface area contributed by atoms with Crippen molar-refractivity contribution in [2.75, 3.05) is 13.7 Å². The van der Waals surface area contributed by atoms with E-state index in [4.69, 9.17) is 10.5 Å². The molecule has 1 aromatic heterocycles. The average Bonchev–Trinajstić information content (AvgIpc) is 2.95. The second-order valence-corrected chi connectivity index (χ2v) is 5.47. The molecule has 0 bridgehead atoms. The van der Waals surface area contributed by atoms with E-state index < -0.39 is 0 Å². The first-order valence-corrected chi connectivity index (χ1v) is 7.42. The summed E-state index contributed by atoms with van der Waals surface area (Å²) in [6.07, 6.45) is 0.832. The summed E-state index contributed by atoms with van der Waals surface area (Å²) in [5.41, 5.74) is 7.74. The first-order chi connectivity index (χ1) is 9.83. The van der Waals surface area contributed by atoms with Crippen molar-refractivity contribution >= 4 is 22.1 Å². The van der Waals surface area contributed by atoms with E-state index in [1.165, 1.54) is 0 Å². The molecule has 0 saturated carbocycles. The SMILES string of the molecule is COc1ccc(-c2csc(CCN)n2)c2ccccc12. The molecule has 102 valence electrons. The molecule has 0 aliphatic heterocycles. The van der Waals surface area contributed by atoms with E-state index in [1.807, 2.05) is 18.2 Å². The van der Waals surface area contributed by atoms with E-state index in [9.17, 15) is 0 Å². The summed E-state index contributed by atoms with van der Waals surface area (Å²) in [4.78, 5) is 4.67. The number of benzene rings is 2. The summed E-state index contributed by atoms with van der Waals surface area (Å²) in [5, 5.41) is 5.46. The minimum absolute atomic E-state index is 0.635. The highest BCUT2D eigenvalue weighted by atomic mass is 32.1. The molecule has 0 aliphatic carbocycles. The average molecular weight is 284 g/mol. The number of ether oxygens (including phenoxy) is 1. The van der Waals surface area contributed by atoms with Crippen LogP contribution >= 0.6 is 11.3 Å². The Balaban J connectivity index is 2.15. The van der Waals surface area contributed by atoms with Crippen molar-refractivity contribution in [2.24, 2.45) is 5.73 Å². The Morgan fingerprint density at radius 3 is 2.70 bits per heavy atom. The molecule has 0 saturated heterocycles. The normalized spacial score (nSPS) is 10.9. The van der Waals surface area contributed by atoms with E-state index in [0.717, 1.165) is 39.2 Å². The predicted octanol–water partition coefficient (Wildman–Crippen LogP) is 3.47. The molecule has 1 heterocycles. The minimum Gasteiger partial charge on any atom is -0.496 e. The Kier molecular flexibility index (Phi) is 3.67. The van der Waals surface area contributed by atoms with E-state index >= 15 is 0 Å². The van der Waals surface area contributed by atoms with E-state index in [-0.39, 0.29) is 0 Å². The van der Waals surface area contributed by atoms with Gasteiger partial charge in [0.1, 0.15) is 5.75 Å². The topological polar surface area (TPSA) is 48.1 Å². The van der Waals surface area contributed by atoms with E-state index in [0.29, 0.717) is 6.54 Å². The zero-order valence-corrected chi connectivity index (χ0v) is 12.1. The summed E-state index contributed by atoms with van der Waals surface area (Å²) >= 11 is 1.67. The standard InChI is InChI=1S/C16H16N2OS/c1-19-15-7-6-12(11-4-2-3-5-13(11)15)14-10-20-16(18-14)8-9-17/h2-7,10H,8-9,17H2,1H3. The van der Waals surface area contributed by atoms with Gasteiger partial charge in [0, 0.05) is 22.8 Å². The van der Waals surface area contributed by atoms with Gasteiger partial charge in [-0.3, -0.25) is 0 Å². The lowest BCUT2D eigenvalue weighted by Gasteiger charge is -2.08. The molecule has 3 aromatic rings. The molecule has 4 heteroatoms. The van der Waals surface area contributed by atoms with Crippen LogP contribution in [0.4, 0.5) is 0 Å². The number of methoxy groups -OCH3 is 1. The van der Waals surface area contributed by atoms with Gasteiger partial charge in [0.15, 0.2) is 0 Å². The maximum Gasteiger partial charge on any atom is 0.126 e. The summed E-state index contributed by atoms with van der Waals surface area (Å²) in [6.45, 7) is 0.635. The highest BCUT2D eigenvalue weighted by molar-refractivity contribution is 7.10. The van der Waals surface area contributed by atoms with Crippen LogP contribution in [0.25, 0.3) is 22.0 Å². The molecular weight excluding hydrogens is 268 g/mol. The van der Waals surface area contributed by atoms with Gasteiger partial charge < -0.3 is 10.5 Å². The summed E-state index contributed by atoms with van der Waals surface area (Å²) in [6, 6.07) is 12.3. The Morgan fingerprint density at radius 2 is 1.95 bits per heavy atom. The molecule has 20 heavy (non-hydrogen) atoms. The van der Waals surface area contributed by atoms with Crippen LogP contribution in [0.5, 0.6) is 5.75 Å². The van der Waals surface area contributed by atoms with Gasteiger partial charge in [-0.2, -0.15) is 0 Å². The molecular formula is C16H16N2OS. The van der Waals surface area contributed by atoms with Crippen LogP contribution in [0.3, 0.4) is 0 Å². The second-order valence-electron chi connectivity index (χ2n) is 4.53. The molecule has 0 atom stereocenters. The molecule has 0 unspecified atom stereocenters. The third-order valence-corrected chi connectivity index (χ3v) is 4.20.